The number of phenols is 1. The van der Waals surface area contributed by atoms with Crippen LogP contribution in [0.1, 0.15) is 47.8 Å². The van der Waals surface area contributed by atoms with Crippen LogP contribution < -0.4 is 4.74 Å². The highest BCUT2D eigenvalue weighted by molar-refractivity contribution is 6.05. The number of carbonyl (C=O) groups is 2. The molecule has 0 amide bonds. The minimum atomic E-state index is -2.97. The van der Waals surface area contributed by atoms with Gasteiger partial charge in [0.25, 0.3) is 5.91 Å². The summed E-state index contributed by atoms with van der Waals surface area (Å²) in [6.07, 6.45) is 0.613. The number of aromatic hydroxyl groups is 1. The summed E-state index contributed by atoms with van der Waals surface area (Å²) in [6.45, 7) is 2.41. The van der Waals surface area contributed by atoms with Gasteiger partial charge in [0.2, 0.25) is 0 Å². The molecule has 0 fully saturated rings. The first-order chi connectivity index (χ1) is 14.6. The third-order valence-corrected chi connectivity index (χ3v) is 5.56. The number of phenolic OH excluding ortho intramolecular Hbond substituents is 1. The molecule has 1 aromatic heterocycles. The smallest absolute Gasteiger partial charge is 0.387 e. The minimum absolute atomic E-state index is 0.0415. The van der Waals surface area contributed by atoms with Crippen LogP contribution >= 0.6 is 0 Å². The summed E-state index contributed by atoms with van der Waals surface area (Å²) in [5.41, 5.74) is 1.60. The van der Waals surface area contributed by atoms with Crippen LogP contribution in [0.4, 0.5) is 8.78 Å². The fraction of sp³-hybridized carbons (Fsp3) is 0.304. The van der Waals surface area contributed by atoms with Crippen LogP contribution in [0.5, 0.6) is 11.5 Å². The Morgan fingerprint density at radius 2 is 1.77 bits per heavy atom. The standard InChI is InChI=1S/C23H23F2NO5/c1-4-12(2)19(22(29)30)20-13(3)26(18-10-7-15(27)11-17(18)20)21(28)14-5-8-16(9-6-14)31-23(24)25/h5-12,19,23,27H,4H2,1-3H3,(H,29,30)/t12?,19-/m1/s1. The van der Waals surface area contributed by atoms with Gasteiger partial charge in [-0.25, -0.2) is 0 Å². The SMILES string of the molecule is CCC(C)[C@@H](C(=O)O)c1c(C)n(C(=O)c2ccc(OC(F)F)cc2)c2ccc(O)cc12. The first-order valence-electron chi connectivity index (χ1n) is 9.82. The van der Waals surface area contributed by atoms with Crippen molar-refractivity contribution in [2.75, 3.05) is 0 Å². The largest absolute Gasteiger partial charge is 0.508 e. The van der Waals surface area contributed by atoms with Gasteiger partial charge in [0.05, 0.1) is 11.4 Å². The zero-order chi connectivity index (χ0) is 22.9. The molecule has 8 heteroatoms. The molecule has 164 valence electrons. The van der Waals surface area contributed by atoms with Crippen molar-refractivity contribution >= 4 is 22.8 Å². The van der Waals surface area contributed by atoms with Gasteiger partial charge in [0.1, 0.15) is 11.5 Å². The topological polar surface area (TPSA) is 88.8 Å². The third kappa shape index (κ3) is 4.23. The van der Waals surface area contributed by atoms with Crippen molar-refractivity contribution in [1.82, 2.24) is 4.57 Å². The van der Waals surface area contributed by atoms with E-state index >= 15 is 0 Å². The summed E-state index contributed by atoms with van der Waals surface area (Å²) in [6, 6.07) is 9.72. The van der Waals surface area contributed by atoms with Gasteiger partial charge in [-0.15, -0.1) is 0 Å². The van der Waals surface area contributed by atoms with Gasteiger partial charge in [-0.2, -0.15) is 8.78 Å². The molecule has 1 heterocycles. The molecule has 0 radical (unpaired) electrons. The Bertz CT molecular complexity index is 1120. The number of hydrogen-bond donors (Lipinski definition) is 2. The highest BCUT2D eigenvalue weighted by Gasteiger charge is 2.32. The molecule has 1 unspecified atom stereocenters. The Balaban J connectivity index is 2.18. The van der Waals surface area contributed by atoms with Gasteiger partial charge >= 0.3 is 12.6 Å². The monoisotopic (exact) mass is 431 g/mol. The first-order valence-corrected chi connectivity index (χ1v) is 9.82. The molecule has 0 saturated carbocycles. The van der Waals surface area contributed by atoms with Crippen LogP contribution in [-0.4, -0.2) is 33.3 Å². The molecule has 3 rings (SSSR count). The molecule has 0 bridgehead atoms. The summed E-state index contributed by atoms with van der Waals surface area (Å²) in [5, 5.41) is 20.4. The Morgan fingerprint density at radius 1 is 1.13 bits per heavy atom. The lowest BCUT2D eigenvalue weighted by Crippen LogP contribution is -2.21. The van der Waals surface area contributed by atoms with E-state index in [1.165, 1.54) is 41.0 Å². The van der Waals surface area contributed by atoms with Crippen LogP contribution in [0, 0.1) is 12.8 Å². The Kier molecular flexibility index (Phi) is 6.29. The fourth-order valence-corrected chi connectivity index (χ4v) is 3.88. The van der Waals surface area contributed by atoms with Gasteiger partial charge < -0.3 is 14.9 Å². The quantitative estimate of drug-likeness (QED) is 0.539. The zero-order valence-electron chi connectivity index (χ0n) is 17.3. The number of hydrogen-bond acceptors (Lipinski definition) is 4. The number of fused-ring (bicyclic) bond motifs is 1. The number of rotatable bonds is 7. The Morgan fingerprint density at radius 3 is 2.32 bits per heavy atom. The summed E-state index contributed by atoms with van der Waals surface area (Å²) in [5.74, 6) is -2.66. The number of carbonyl (C=O) groups excluding carboxylic acids is 1. The molecule has 0 aliphatic carbocycles. The number of carboxylic acid groups (broad SMARTS) is 1. The Labute approximate surface area is 177 Å². The van der Waals surface area contributed by atoms with Crippen molar-refractivity contribution in [3.63, 3.8) is 0 Å². The van der Waals surface area contributed by atoms with E-state index in [4.69, 9.17) is 0 Å². The molecular weight excluding hydrogens is 408 g/mol. The number of halogens is 2. The van der Waals surface area contributed by atoms with Crippen molar-refractivity contribution in [3.8, 4) is 11.5 Å². The molecule has 31 heavy (non-hydrogen) atoms. The summed E-state index contributed by atoms with van der Waals surface area (Å²) in [7, 11) is 0. The van der Waals surface area contributed by atoms with E-state index in [0.29, 0.717) is 28.6 Å². The van der Waals surface area contributed by atoms with Crippen molar-refractivity contribution in [2.24, 2.45) is 5.92 Å². The number of carboxylic acids is 1. The molecule has 0 saturated heterocycles. The zero-order valence-corrected chi connectivity index (χ0v) is 17.3. The number of ether oxygens (including phenoxy) is 1. The van der Waals surface area contributed by atoms with Gasteiger partial charge in [-0.05, 0) is 60.9 Å². The number of nitrogens with zero attached hydrogens (tertiary/aromatic N) is 1. The number of benzene rings is 2. The van der Waals surface area contributed by atoms with E-state index in [2.05, 4.69) is 4.74 Å². The average molecular weight is 431 g/mol. The number of aromatic nitrogens is 1. The number of aliphatic carboxylic acids is 1. The highest BCUT2D eigenvalue weighted by Crippen LogP contribution is 2.38. The normalized spacial score (nSPS) is 13.4. The second-order valence-electron chi connectivity index (χ2n) is 7.45. The maximum Gasteiger partial charge on any atom is 0.387 e. The molecular formula is C23H23F2NO5. The summed E-state index contributed by atoms with van der Waals surface area (Å²) >= 11 is 0. The van der Waals surface area contributed by atoms with Crippen LogP contribution in [0.3, 0.4) is 0 Å². The minimum Gasteiger partial charge on any atom is -0.508 e. The average Bonchev–Trinajstić information content (AvgIpc) is 2.98. The van der Waals surface area contributed by atoms with Crippen molar-refractivity contribution in [3.05, 3.63) is 59.3 Å². The van der Waals surface area contributed by atoms with E-state index in [-0.39, 0.29) is 23.0 Å². The van der Waals surface area contributed by atoms with E-state index in [1.807, 2.05) is 13.8 Å². The summed E-state index contributed by atoms with van der Waals surface area (Å²) in [4.78, 5) is 25.4. The van der Waals surface area contributed by atoms with Crippen LogP contribution in [0.2, 0.25) is 0 Å². The van der Waals surface area contributed by atoms with E-state index in [0.717, 1.165) is 0 Å². The maximum absolute atomic E-state index is 13.3. The molecule has 6 nitrogen and oxygen atoms in total. The van der Waals surface area contributed by atoms with Gasteiger partial charge in [0.15, 0.2) is 0 Å². The molecule has 0 aliphatic heterocycles. The predicted molar refractivity (Wildman–Crippen MR) is 111 cm³/mol. The molecule has 2 atom stereocenters. The van der Waals surface area contributed by atoms with Crippen LogP contribution in [0.15, 0.2) is 42.5 Å². The van der Waals surface area contributed by atoms with E-state index in [1.54, 1.807) is 13.0 Å². The summed E-state index contributed by atoms with van der Waals surface area (Å²) < 4.78 is 30.5. The van der Waals surface area contributed by atoms with Crippen LogP contribution in [-0.2, 0) is 4.79 Å². The van der Waals surface area contributed by atoms with Crippen LogP contribution in [0.25, 0.3) is 10.9 Å². The lowest BCUT2D eigenvalue weighted by Gasteiger charge is -2.20. The Hall–Kier alpha value is -3.42. The molecule has 2 N–H and O–H groups in total. The predicted octanol–water partition coefficient (Wildman–Crippen LogP) is 5.16. The van der Waals surface area contributed by atoms with Gasteiger partial charge in [-0.3, -0.25) is 14.2 Å². The van der Waals surface area contributed by atoms with Gasteiger partial charge in [0, 0.05) is 16.6 Å². The highest BCUT2D eigenvalue weighted by atomic mass is 19.3. The van der Waals surface area contributed by atoms with Gasteiger partial charge in [-0.1, -0.05) is 20.3 Å². The second kappa shape index (κ2) is 8.75. The molecule has 0 spiro atoms. The lowest BCUT2D eigenvalue weighted by atomic mass is 9.84. The molecule has 0 aliphatic rings. The van der Waals surface area contributed by atoms with E-state index in [9.17, 15) is 28.6 Å². The maximum atomic E-state index is 13.3. The lowest BCUT2D eigenvalue weighted by molar-refractivity contribution is -0.140. The third-order valence-electron chi connectivity index (χ3n) is 5.56. The van der Waals surface area contributed by atoms with Crippen molar-refractivity contribution in [1.29, 1.82) is 0 Å². The van der Waals surface area contributed by atoms with Crippen molar-refractivity contribution < 1.29 is 33.3 Å². The van der Waals surface area contributed by atoms with E-state index < -0.39 is 24.4 Å². The van der Waals surface area contributed by atoms with Crippen molar-refractivity contribution in [2.45, 2.75) is 39.7 Å². The number of alkyl halides is 2. The second-order valence-corrected chi connectivity index (χ2v) is 7.45. The molecule has 2 aromatic carbocycles. The first kappa shape index (κ1) is 22.3. The fourth-order valence-electron chi connectivity index (χ4n) is 3.88. The molecule has 3 aromatic rings.